The standard InChI is InChI=1S/C4H6N2O.Au/c7-3-4-1-2-5-6-4;/h1-2,7H,3H2,(H,5,6);. The molecule has 0 amide bonds. The Morgan fingerprint density at radius 1 is 1.75 bits per heavy atom. The Kier molecular flexibility index (Phi) is 3.81. The maximum atomic E-state index is 8.36. The van der Waals surface area contributed by atoms with Crippen LogP contribution in [0.3, 0.4) is 0 Å². The molecule has 2 N–H and O–H groups in total. The van der Waals surface area contributed by atoms with Crippen molar-refractivity contribution in [3.63, 3.8) is 0 Å². The summed E-state index contributed by atoms with van der Waals surface area (Å²) >= 11 is 0. The van der Waals surface area contributed by atoms with E-state index in [9.17, 15) is 0 Å². The first-order chi connectivity index (χ1) is 3.43. The molecular weight excluding hydrogens is 289 g/mol. The molecule has 0 unspecified atom stereocenters. The van der Waals surface area contributed by atoms with E-state index in [1.807, 2.05) is 0 Å². The van der Waals surface area contributed by atoms with Crippen molar-refractivity contribution < 1.29 is 27.5 Å². The molecule has 8 heavy (non-hydrogen) atoms. The molecule has 0 saturated carbocycles. The molecule has 0 fully saturated rings. The molecule has 4 heteroatoms. The number of aliphatic hydroxyl groups excluding tert-OH is 1. The molecule has 0 aromatic carbocycles. The number of aromatic nitrogens is 2. The van der Waals surface area contributed by atoms with Gasteiger partial charge in [-0.1, -0.05) is 0 Å². The molecule has 49 valence electrons. The van der Waals surface area contributed by atoms with Gasteiger partial charge < -0.3 is 5.11 Å². The van der Waals surface area contributed by atoms with Gasteiger partial charge in [0.1, 0.15) is 0 Å². The number of aliphatic hydroxyl groups is 1. The van der Waals surface area contributed by atoms with E-state index in [0.29, 0.717) is 0 Å². The van der Waals surface area contributed by atoms with E-state index in [-0.39, 0.29) is 29.0 Å². The van der Waals surface area contributed by atoms with Crippen LogP contribution >= 0.6 is 0 Å². The Labute approximate surface area is 62.6 Å². The second-order valence-electron chi connectivity index (χ2n) is 1.24. The largest absolute Gasteiger partial charge is 0.390 e. The minimum atomic E-state index is 0. The van der Waals surface area contributed by atoms with Crippen molar-refractivity contribution in [2.24, 2.45) is 0 Å². The van der Waals surface area contributed by atoms with Crippen LogP contribution in [0.1, 0.15) is 5.69 Å². The van der Waals surface area contributed by atoms with Crippen LogP contribution in [0.5, 0.6) is 0 Å². The molecular formula is C4H6AuN2O. The second kappa shape index (κ2) is 3.86. The van der Waals surface area contributed by atoms with Crippen molar-refractivity contribution in [3.8, 4) is 0 Å². The van der Waals surface area contributed by atoms with Gasteiger partial charge in [-0.3, -0.25) is 5.10 Å². The first-order valence-corrected chi connectivity index (χ1v) is 2.02. The Morgan fingerprint density at radius 3 is 2.75 bits per heavy atom. The van der Waals surface area contributed by atoms with Crippen molar-refractivity contribution in [2.75, 3.05) is 0 Å². The summed E-state index contributed by atoms with van der Waals surface area (Å²) in [6.45, 7) is 0.0417. The molecule has 0 spiro atoms. The monoisotopic (exact) mass is 295 g/mol. The number of H-pyrrole nitrogens is 1. The summed E-state index contributed by atoms with van der Waals surface area (Å²) in [5.74, 6) is 0. The topological polar surface area (TPSA) is 48.9 Å². The van der Waals surface area contributed by atoms with Crippen LogP contribution in [0, 0.1) is 0 Å². The zero-order chi connectivity index (χ0) is 5.11. The smallest absolute Gasteiger partial charge is 0.0847 e. The first-order valence-electron chi connectivity index (χ1n) is 2.02. The van der Waals surface area contributed by atoms with E-state index in [0.717, 1.165) is 5.69 Å². The number of nitrogens with one attached hydrogen (secondary N) is 1. The normalized spacial score (nSPS) is 8.12. The van der Waals surface area contributed by atoms with Gasteiger partial charge in [0.15, 0.2) is 0 Å². The Hall–Kier alpha value is -0.0897. The molecule has 1 radical (unpaired) electrons. The van der Waals surface area contributed by atoms with Crippen molar-refractivity contribution in [2.45, 2.75) is 6.61 Å². The van der Waals surface area contributed by atoms with Crippen LogP contribution in [-0.4, -0.2) is 15.3 Å². The Bertz CT molecular complexity index is 129. The molecule has 0 aliphatic rings. The van der Waals surface area contributed by atoms with E-state index in [1.54, 1.807) is 12.3 Å². The average molecular weight is 295 g/mol. The summed E-state index contributed by atoms with van der Waals surface area (Å²) in [5, 5.41) is 14.6. The maximum absolute atomic E-state index is 8.36. The van der Waals surface area contributed by atoms with E-state index in [2.05, 4.69) is 10.2 Å². The first kappa shape index (κ1) is 7.91. The molecule has 0 bridgehead atoms. The van der Waals surface area contributed by atoms with Gasteiger partial charge in [0.2, 0.25) is 0 Å². The van der Waals surface area contributed by atoms with E-state index < -0.39 is 0 Å². The summed E-state index contributed by atoms with van der Waals surface area (Å²) in [6.07, 6.45) is 1.60. The molecule has 3 nitrogen and oxygen atoms in total. The third-order valence-electron chi connectivity index (χ3n) is 0.729. The predicted octanol–water partition coefficient (Wildman–Crippen LogP) is -0.100. The van der Waals surface area contributed by atoms with E-state index in [4.69, 9.17) is 5.11 Å². The van der Waals surface area contributed by atoms with Crippen LogP contribution in [0.25, 0.3) is 0 Å². The number of aromatic amines is 1. The zero-order valence-corrected chi connectivity index (χ0v) is 6.22. The van der Waals surface area contributed by atoms with E-state index in [1.165, 1.54) is 0 Å². The number of hydrogen-bond donors (Lipinski definition) is 2. The van der Waals surface area contributed by atoms with Crippen molar-refractivity contribution in [3.05, 3.63) is 18.0 Å². The third kappa shape index (κ3) is 1.79. The van der Waals surface area contributed by atoms with Gasteiger partial charge in [-0.15, -0.1) is 0 Å². The minimum absolute atomic E-state index is 0. The number of rotatable bonds is 1. The molecule has 1 aromatic heterocycles. The van der Waals surface area contributed by atoms with Gasteiger partial charge in [-0.05, 0) is 6.07 Å². The Morgan fingerprint density at radius 2 is 2.50 bits per heavy atom. The third-order valence-corrected chi connectivity index (χ3v) is 0.729. The van der Waals surface area contributed by atoms with Gasteiger partial charge in [-0.2, -0.15) is 5.10 Å². The fourth-order valence-electron chi connectivity index (χ4n) is 0.373. The van der Waals surface area contributed by atoms with Crippen LogP contribution < -0.4 is 0 Å². The molecule has 1 heterocycles. The molecule has 1 rings (SSSR count). The summed E-state index contributed by atoms with van der Waals surface area (Å²) in [6, 6.07) is 1.72. The van der Waals surface area contributed by atoms with Gasteiger partial charge in [0, 0.05) is 28.6 Å². The number of nitrogens with zero attached hydrogens (tertiary/aromatic N) is 1. The van der Waals surface area contributed by atoms with Crippen molar-refractivity contribution in [1.29, 1.82) is 0 Å². The summed E-state index contributed by atoms with van der Waals surface area (Å²) in [4.78, 5) is 0. The van der Waals surface area contributed by atoms with Crippen LogP contribution in [0.2, 0.25) is 0 Å². The average Bonchev–Trinajstić information content (AvgIpc) is 2.14. The zero-order valence-electron chi connectivity index (χ0n) is 4.06. The minimum Gasteiger partial charge on any atom is -0.390 e. The summed E-state index contributed by atoms with van der Waals surface area (Å²) < 4.78 is 0. The van der Waals surface area contributed by atoms with Crippen LogP contribution in [0.4, 0.5) is 0 Å². The van der Waals surface area contributed by atoms with Crippen molar-refractivity contribution in [1.82, 2.24) is 10.2 Å². The molecule has 1 aromatic rings. The summed E-state index contributed by atoms with van der Waals surface area (Å²) in [7, 11) is 0. The van der Waals surface area contributed by atoms with Gasteiger partial charge in [-0.25, -0.2) is 0 Å². The quantitative estimate of drug-likeness (QED) is 0.711. The Balaban J connectivity index is 0.000000490. The van der Waals surface area contributed by atoms with E-state index >= 15 is 0 Å². The SMILES string of the molecule is OCc1ccn[nH]1.[Au]. The van der Waals surface area contributed by atoms with Crippen LogP contribution in [0.15, 0.2) is 12.3 Å². The van der Waals surface area contributed by atoms with Gasteiger partial charge in [0.05, 0.1) is 12.3 Å². The molecule has 0 aliphatic heterocycles. The summed E-state index contributed by atoms with van der Waals surface area (Å²) in [5.41, 5.74) is 0.750. The van der Waals surface area contributed by atoms with Gasteiger partial charge >= 0.3 is 0 Å². The molecule has 0 saturated heterocycles. The van der Waals surface area contributed by atoms with Crippen LogP contribution in [-0.2, 0) is 29.0 Å². The van der Waals surface area contributed by atoms with Gasteiger partial charge in [0.25, 0.3) is 0 Å². The second-order valence-corrected chi connectivity index (χ2v) is 1.24. The van der Waals surface area contributed by atoms with Crippen molar-refractivity contribution >= 4 is 0 Å². The fourth-order valence-corrected chi connectivity index (χ4v) is 0.373. The molecule has 0 aliphatic carbocycles. The fraction of sp³-hybridized carbons (Fsp3) is 0.250. The number of hydrogen-bond acceptors (Lipinski definition) is 2. The maximum Gasteiger partial charge on any atom is 0.0847 e. The molecule has 0 atom stereocenters. The predicted molar refractivity (Wildman–Crippen MR) is 24.5 cm³/mol.